The third-order valence-electron chi connectivity index (χ3n) is 3.86. The first kappa shape index (κ1) is 13.9. The molecule has 0 radical (unpaired) electrons. The van der Waals surface area contributed by atoms with Crippen molar-refractivity contribution in [3.63, 3.8) is 0 Å². The van der Waals surface area contributed by atoms with Crippen molar-refractivity contribution >= 4 is 12.1 Å². The van der Waals surface area contributed by atoms with Gasteiger partial charge in [0.2, 0.25) is 0 Å². The highest BCUT2D eigenvalue weighted by atomic mass is 16.7. The van der Waals surface area contributed by atoms with Gasteiger partial charge in [0.25, 0.3) is 0 Å². The normalized spacial score (nSPS) is 21.1. The van der Waals surface area contributed by atoms with Crippen LogP contribution < -0.4 is 11.2 Å². The van der Waals surface area contributed by atoms with E-state index in [1.54, 1.807) is 4.90 Å². The van der Waals surface area contributed by atoms with Gasteiger partial charge in [-0.1, -0.05) is 19.3 Å². The number of nitrogens with one attached hydrogen (secondary N) is 1. The minimum atomic E-state index is -0.535. The Kier molecular flexibility index (Phi) is 4.84. The van der Waals surface area contributed by atoms with E-state index in [4.69, 9.17) is 5.90 Å². The first-order valence-corrected chi connectivity index (χ1v) is 6.92. The molecule has 1 saturated heterocycles. The zero-order valence-corrected chi connectivity index (χ0v) is 11.1. The van der Waals surface area contributed by atoms with Gasteiger partial charge in [-0.05, 0) is 12.8 Å². The van der Waals surface area contributed by atoms with E-state index in [-0.39, 0.29) is 6.03 Å². The molecular weight excluding hydrogens is 248 g/mol. The summed E-state index contributed by atoms with van der Waals surface area (Å²) in [4.78, 5) is 30.7. The number of carbonyl (C=O) groups is 2. The summed E-state index contributed by atoms with van der Waals surface area (Å²) < 4.78 is 0. The molecule has 2 fully saturated rings. The minimum Gasteiger partial charge on any atom is -0.357 e. The molecule has 1 aliphatic carbocycles. The van der Waals surface area contributed by atoms with Gasteiger partial charge in [-0.2, -0.15) is 5.90 Å². The van der Waals surface area contributed by atoms with E-state index in [0.717, 1.165) is 12.8 Å². The van der Waals surface area contributed by atoms with Crippen molar-refractivity contribution in [2.75, 3.05) is 26.2 Å². The quantitative estimate of drug-likeness (QED) is 0.685. The van der Waals surface area contributed by atoms with Gasteiger partial charge in [0.15, 0.2) is 0 Å². The smallest absolute Gasteiger partial charge is 0.357 e. The fourth-order valence-corrected chi connectivity index (χ4v) is 2.68. The summed E-state index contributed by atoms with van der Waals surface area (Å²) in [7, 11) is 0. The summed E-state index contributed by atoms with van der Waals surface area (Å²) in [5.74, 6) is 4.84. The molecule has 0 unspecified atom stereocenters. The van der Waals surface area contributed by atoms with Gasteiger partial charge < -0.3 is 20.0 Å². The Bertz CT molecular complexity index is 323. The predicted molar refractivity (Wildman–Crippen MR) is 69.2 cm³/mol. The van der Waals surface area contributed by atoms with Gasteiger partial charge in [-0.15, -0.1) is 0 Å². The third kappa shape index (κ3) is 3.73. The van der Waals surface area contributed by atoms with Gasteiger partial charge in [0.1, 0.15) is 0 Å². The second kappa shape index (κ2) is 6.60. The highest BCUT2D eigenvalue weighted by Crippen LogP contribution is 2.17. The van der Waals surface area contributed by atoms with Crippen LogP contribution in [0.15, 0.2) is 0 Å². The van der Waals surface area contributed by atoms with Crippen LogP contribution in [0.5, 0.6) is 0 Å². The summed E-state index contributed by atoms with van der Waals surface area (Å²) in [6.07, 6.45) is 5.28. The van der Waals surface area contributed by atoms with Crippen molar-refractivity contribution in [2.24, 2.45) is 5.90 Å². The van der Waals surface area contributed by atoms with E-state index in [0.29, 0.717) is 32.2 Å². The van der Waals surface area contributed by atoms with Gasteiger partial charge >= 0.3 is 12.1 Å². The number of carbonyl (C=O) groups excluding carboxylic acids is 2. The van der Waals surface area contributed by atoms with Crippen LogP contribution in [0.4, 0.5) is 9.59 Å². The summed E-state index contributed by atoms with van der Waals surface area (Å²) in [6, 6.07) is 0.293. The molecule has 0 aromatic rings. The first-order chi connectivity index (χ1) is 9.20. The number of hydrogen-bond acceptors (Lipinski definition) is 4. The molecule has 1 heterocycles. The Balaban J connectivity index is 1.74. The number of urea groups is 1. The average Bonchev–Trinajstić information content (AvgIpc) is 2.47. The molecule has 0 spiro atoms. The predicted octanol–water partition coefficient (Wildman–Crippen LogP) is 0.657. The number of piperazine rings is 1. The average molecular weight is 270 g/mol. The lowest BCUT2D eigenvalue weighted by Gasteiger charge is -2.35. The number of hydrogen-bond donors (Lipinski definition) is 2. The molecule has 2 rings (SSSR count). The van der Waals surface area contributed by atoms with Crippen LogP contribution in [0.1, 0.15) is 32.1 Å². The molecule has 1 saturated carbocycles. The highest BCUT2D eigenvalue weighted by Gasteiger charge is 2.26. The molecule has 7 nitrogen and oxygen atoms in total. The maximum atomic E-state index is 12.1. The van der Waals surface area contributed by atoms with Crippen LogP contribution in [-0.4, -0.2) is 54.1 Å². The molecule has 0 aromatic heterocycles. The van der Waals surface area contributed by atoms with Crippen LogP contribution in [0, 0.1) is 0 Å². The van der Waals surface area contributed by atoms with E-state index < -0.39 is 6.09 Å². The lowest BCUT2D eigenvalue weighted by molar-refractivity contribution is 0.0813. The van der Waals surface area contributed by atoms with E-state index >= 15 is 0 Å². The molecule has 0 bridgehead atoms. The summed E-state index contributed by atoms with van der Waals surface area (Å²) in [5, 5.41) is 3.07. The standard InChI is InChI=1S/C12H22N4O3/c13-19-12(18)16-8-6-15(7-9-16)11(17)14-10-4-2-1-3-5-10/h10H,1-9,13H2,(H,14,17). The summed E-state index contributed by atoms with van der Waals surface area (Å²) in [5.41, 5.74) is 0. The number of amides is 3. The number of rotatable bonds is 1. The minimum absolute atomic E-state index is 0.0207. The maximum absolute atomic E-state index is 12.1. The fraction of sp³-hybridized carbons (Fsp3) is 0.833. The molecule has 0 aromatic carbocycles. The van der Waals surface area contributed by atoms with Crippen molar-refractivity contribution in [3.05, 3.63) is 0 Å². The molecule has 3 N–H and O–H groups in total. The Labute approximate surface area is 113 Å². The lowest BCUT2D eigenvalue weighted by Crippen LogP contribution is -2.55. The Morgan fingerprint density at radius 3 is 2.16 bits per heavy atom. The molecule has 108 valence electrons. The lowest BCUT2D eigenvalue weighted by atomic mass is 9.96. The van der Waals surface area contributed by atoms with Crippen LogP contribution in [0.2, 0.25) is 0 Å². The van der Waals surface area contributed by atoms with Gasteiger partial charge in [0.05, 0.1) is 0 Å². The topological polar surface area (TPSA) is 87.9 Å². The van der Waals surface area contributed by atoms with Crippen molar-refractivity contribution in [2.45, 2.75) is 38.1 Å². The zero-order chi connectivity index (χ0) is 13.7. The third-order valence-corrected chi connectivity index (χ3v) is 3.86. The largest absolute Gasteiger partial charge is 0.428 e. The Morgan fingerprint density at radius 2 is 1.58 bits per heavy atom. The van der Waals surface area contributed by atoms with Crippen molar-refractivity contribution in [3.8, 4) is 0 Å². The molecule has 19 heavy (non-hydrogen) atoms. The number of nitrogens with zero attached hydrogens (tertiary/aromatic N) is 2. The molecular formula is C12H22N4O3. The van der Waals surface area contributed by atoms with Crippen LogP contribution in [0.3, 0.4) is 0 Å². The summed E-state index contributed by atoms with van der Waals surface area (Å²) >= 11 is 0. The molecule has 0 atom stereocenters. The van der Waals surface area contributed by atoms with Crippen molar-refractivity contribution < 1.29 is 14.4 Å². The monoisotopic (exact) mass is 270 g/mol. The Morgan fingerprint density at radius 1 is 1.00 bits per heavy atom. The van der Waals surface area contributed by atoms with Crippen LogP contribution >= 0.6 is 0 Å². The summed E-state index contributed by atoms with van der Waals surface area (Å²) in [6.45, 7) is 1.98. The van der Waals surface area contributed by atoms with E-state index in [9.17, 15) is 9.59 Å². The Hall–Kier alpha value is -1.50. The van der Waals surface area contributed by atoms with Crippen molar-refractivity contribution in [1.82, 2.24) is 15.1 Å². The molecule has 2 aliphatic rings. The van der Waals surface area contributed by atoms with E-state index in [1.165, 1.54) is 24.2 Å². The van der Waals surface area contributed by atoms with Gasteiger partial charge in [0, 0.05) is 32.2 Å². The second-order valence-corrected chi connectivity index (χ2v) is 5.14. The van der Waals surface area contributed by atoms with E-state index in [2.05, 4.69) is 10.2 Å². The van der Waals surface area contributed by atoms with Gasteiger partial charge in [-0.3, -0.25) is 0 Å². The number of nitrogens with two attached hydrogens (primary N) is 1. The van der Waals surface area contributed by atoms with Crippen molar-refractivity contribution in [1.29, 1.82) is 0 Å². The fourth-order valence-electron chi connectivity index (χ4n) is 2.68. The molecule has 7 heteroatoms. The second-order valence-electron chi connectivity index (χ2n) is 5.14. The molecule has 3 amide bonds. The molecule has 1 aliphatic heterocycles. The zero-order valence-electron chi connectivity index (χ0n) is 11.1. The SMILES string of the molecule is NOC(=O)N1CCN(C(=O)NC2CCCCC2)CC1. The highest BCUT2D eigenvalue weighted by molar-refractivity contribution is 5.75. The van der Waals surface area contributed by atoms with Crippen LogP contribution in [0.25, 0.3) is 0 Å². The van der Waals surface area contributed by atoms with Gasteiger partial charge in [-0.25, -0.2) is 9.59 Å². The maximum Gasteiger partial charge on any atom is 0.428 e. The van der Waals surface area contributed by atoms with E-state index in [1.807, 2.05) is 0 Å². The first-order valence-electron chi connectivity index (χ1n) is 6.92. The van der Waals surface area contributed by atoms with Crippen LogP contribution in [-0.2, 0) is 4.84 Å².